The van der Waals surface area contributed by atoms with Crippen molar-refractivity contribution in [3.8, 4) is 0 Å². The highest BCUT2D eigenvalue weighted by Crippen LogP contribution is 2.58. The first-order chi connectivity index (χ1) is 22.8. The van der Waals surface area contributed by atoms with Crippen molar-refractivity contribution in [2.75, 3.05) is 0 Å². The lowest BCUT2D eigenvalue weighted by molar-refractivity contribution is 0.0985. The first-order valence-electron chi connectivity index (χ1n) is 20.4. The summed E-state index contributed by atoms with van der Waals surface area (Å²) in [7, 11) is -5.75. The van der Waals surface area contributed by atoms with Gasteiger partial charge in [0.05, 0.1) is 17.8 Å². The topological polar surface area (TPSA) is 27.7 Å². The third kappa shape index (κ3) is 10.5. The van der Waals surface area contributed by atoms with E-state index in [-0.39, 0.29) is 32.9 Å². The summed E-state index contributed by atoms with van der Waals surface area (Å²) in [6.07, 6.45) is 19.3. The van der Waals surface area contributed by atoms with Crippen molar-refractivity contribution in [3.63, 3.8) is 0 Å². The molecule has 51 heavy (non-hydrogen) atoms. The van der Waals surface area contributed by atoms with Crippen LogP contribution >= 0.6 is 0 Å². The van der Waals surface area contributed by atoms with E-state index >= 15 is 0 Å². The summed E-state index contributed by atoms with van der Waals surface area (Å²) in [5.74, 6) is 1.74. The van der Waals surface area contributed by atoms with Crippen LogP contribution in [0.3, 0.4) is 0 Å². The summed E-state index contributed by atoms with van der Waals surface area (Å²) in [5, 5.41) is 0.543. The summed E-state index contributed by atoms with van der Waals surface area (Å²) in [6.45, 7) is 47.1. The molecule has 0 aliphatic heterocycles. The van der Waals surface area contributed by atoms with E-state index in [0.29, 0.717) is 23.2 Å². The van der Waals surface area contributed by atoms with Crippen LogP contribution in [-0.4, -0.2) is 42.8 Å². The van der Waals surface area contributed by atoms with Gasteiger partial charge in [0.25, 0.3) is 0 Å². The van der Waals surface area contributed by atoms with Crippen LogP contribution < -0.4 is 0 Å². The van der Waals surface area contributed by atoms with Gasteiger partial charge in [-0.15, -0.1) is 5.73 Å². The minimum atomic E-state index is -1.96. The molecular weight excluding hydrogens is 673 g/mol. The van der Waals surface area contributed by atoms with Crippen molar-refractivity contribution in [2.24, 2.45) is 23.2 Å². The van der Waals surface area contributed by atoms with Crippen LogP contribution in [-0.2, 0) is 13.3 Å². The van der Waals surface area contributed by atoms with Gasteiger partial charge in [0.1, 0.15) is 0 Å². The summed E-state index contributed by atoms with van der Waals surface area (Å²) in [6, 6.07) is 0. The summed E-state index contributed by atoms with van der Waals surface area (Å²) in [5.41, 5.74) is 8.01. The zero-order valence-corrected chi connectivity index (χ0v) is 40.2. The average Bonchev–Trinajstić information content (AvgIpc) is 3.28. The van der Waals surface area contributed by atoms with Crippen LogP contribution in [0.4, 0.5) is 0 Å². The Bertz CT molecular complexity index is 1380. The molecule has 0 aromatic rings. The molecule has 3 aliphatic rings. The smallest absolute Gasteiger partial charge is 0.193 e. The van der Waals surface area contributed by atoms with Crippen LogP contribution in [0.5, 0.6) is 0 Å². The molecule has 0 unspecified atom stereocenters. The van der Waals surface area contributed by atoms with E-state index in [2.05, 4.69) is 172 Å². The number of rotatable bonds is 11. The largest absolute Gasteiger partial charge is 0.413 e. The molecule has 0 heterocycles. The van der Waals surface area contributed by atoms with Crippen LogP contribution in [0, 0.1) is 23.2 Å². The van der Waals surface area contributed by atoms with Gasteiger partial charge in [-0.25, -0.2) is 0 Å². The Hall–Kier alpha value is -0.729. The highest BCUT2D eigenvalue weighted by atomic mass is 28.4. The summed E-state index contributed by atoms with van der Waals surface area (Å²) < 4.78 is 21.1. The minimum absolute atomic E-state index is 0.119. The maximum atomic E-state index is 7.18. The number of hydrogen-bond acceptors (Lipinski definition) is 3. The Kier molecular flexibility index (Phi) is 13.5. The van der Waals surface area contributed by atoms with Gasteiger partial charge in [0, 0.05) is 6.42 Å². The van der Waals surface area contributed by atoms with E-state index in [0.717, 1.165) is 19.3 Å². The Morgan fingerprint density at radius 3 is 1.90 bits per heavy atom. The van der Waals surface area contributed by atoms with E-state index in [9.17, 15) is 0 Å². The molecule has 6 heteroatoms. The fourth-order valence-corrected chi connectivity index (χ4v) is 12.5. The predicted molar refractivity (Wildman–Crippen MR) is 231 cm³/mol. The Morgan fingerprint density at radius 2 is 1.35 bits per heavy atom. The third-order valence-corrected chi connectivity index (χ3v) is 28.2. The van der Waals surface area contributed by atoms with Crippen molar-refractivity contribution >= 4 is 25.0 Å². The van der Waals surface area contributed by atoms with E-state index in [4.69, 9.17) is 13.3 Å². The Balaban J connectivity index is 1.85. The second kappa shape index (κ2) is 15.4. The molecule has 6 atom stereocenters. The summed E-state index contributed by atoms with van der Waals surface area (Å²) >= 11 is 0. The Labute approximate surface area is 320 Å². The van der Waals surface area contributed by atoms with Gasteiger partial charge >= 0.3 is 0 Å². The highest BCUT2D eigenvalue weighted by Gasteiger charge is 2.50. The zero-order chi connectivity index (χ0) is 39.2. The van der Waals surface area contributed by atoms with Crippen molar-refractivity contribution in [1.82, 2.24) is 0 Å². The van der Waals surface area contributed by atoms with Crippen molar-refractivity contribution in [2.45, 2.75) is 208 Å². The van der Waals surface area contributed by atoms with E-state index in [1.165, 1.54) is 30.4 Å². The normalized spacial score (nSPS) is 28.0. The second-order valence-corrected chi connectivity index (χ2v) is 36.4. The molecule has 0 aromatic carbocycles. The molecule has 3 nitrogen and oxygen atoms in total. The molecule has 3 aliphatic carbocycles. The molecule has 0 N–H and O–H groups in total. The van der Waals surface area contributed by atoms with E-state index < -0.39 is 25.0 Å². The molecule has 0 spiro atoms. The molecule has 0 amide bonds. The van der Waals surface area contributed by atoms with Gasteiger partial charge in [-0.2, -0.15) is 0 Å². The van der Waals surface area contributed by atoms with Gasteiger partial charge < -0.3 is 13.3 Å². The molecule has 0 aromatic heterocycles. The second-order valence-electron chi connectivity index (χ2n) is 22.1. The van der Waals surface area contributed by atoms with Gasteiger partial charge in [0.2, 0.25) is 0 Å². The lowest BCUT2D eigenvalue weighted by Gasteiger charge is -2.45. The van der Waals surface area contributed by atoms with Crippen LogP contribution in [0.15, 0.2) is 52.8 Å². The fourth-order valence-electron chi connectivity index (χ4n) is 8.13. The molecule has 3 rings (SSSR count). The monoisotopic (exact) mass is 755 g/mol. The fraction of sp³-hybridized carbons (Fsp3) is 0.800. The minimum Gasteiger partial charge on any atom is -0.413 e. The quantitative estimate of drug-likeness (QED) is 0.155. The van der Waals surface area contributed by atoms with Gasteiger partial charge in [-0.1, -0.05) is 94.4 Å². The highest BCUT2D eigenvalue weighted by molar-refractivity contribution is 6.75. The molecule has 1 saturated carbocycles. The first-order valence-corrected chi connectivity index (χ1v) is 29.1. The third-order valence-electron chi connectivity index (χ3n) is 14.5. The van der Waals surface area contributed by atoms with Crippen LogP contribution in [0.1, 0.15) is 135 Å². The number of hydrogen-bond donors (Lipinski definition) is 0. The molecule has 0 radical (unpaired) electrons. The standard InChI is InChI=1S/C45H82O3Si3/c1-33(23-21-29-44(12,13)48-51(19,20)43(9,10)11)38-27-28-39-35(24-22-30-45(38,39)14)25-26-36-31-37(46-49(15,16)41(3,4)5)32-40(34(36)2)47-50(17,18)42(6,7)8/h23-26,29,33,37-40H,22,27-28,30-32H2,1-20H3/b26-25-/t21?,33-,37-,38-,39+,40+,45-/m1/s1. The molecule has 292 valence electrons. The van der Waals surface area contributed by atoms with Gasteiger partial charge in [-0.3, -0.25) is 0 Å². The lowest BCUT2D eigenvalue weighted by Crippen LogP contribution is -2.49. The number of allylic oxidation sites excluding steroid dienone is 4. The predicted octanol–water partition coefficient (Wildman–Crippen LogP) is 14.3. The van der Waals surface area contributed by atoms with Crippen LogP contribution in [0.2, 0.25) is 54.4 Å². The molecule has 1 fully saturated rings. The Morgan fingerprint density at radius 1 is 0.804 bits per heavy atom. The van der Waals surface area contributed by atoms with Crippen LogP contribution in [0.25, 0.3) is 0 Å². The van der Waals surface area contributed by atoms with Crippen molar-refractivity contribution < 1.29 is 13.3 Å². The van der Waals surface area contributed by atoms with Crippen molar-refractivity contribution in [1.29, 1.82) is 0 Å². The maximum absolute atomic E-state index is 7.18. The summed E-state index contributed by atoms with van der Waals surface area (Å²) in [4.78, 5) is 0. The van der Waals surface area contributed by atoms with E-state index in [1.54, 1.807) is 5.57 Å². The molecular formula is C45H82O3Si3. The number of fused-ring (bicyclic) bond motifs is 1. The average molecular weight is 755 g/mol. The van der Waals surface area contributed by atoms with E-state index in [1.807, 2.05) is 0 Å². The maximum Gasteiger partial charge on any atom is 0.193 e. The zero-order valence-electron chi connectivity index (χ0n) is 37.2. The molecule has 0 saturated heterocycles. The van der Waals surface area contributed by atoms with Crippen molar-refractivity contribution in [3.05, 3.63) is 52.8 Å². The van der Waals surface area contributed by atoms with Gasteiger partial charge in [-0.05, 0) is 159 Å². The molecule has 0 bridgehead atoms. The lowest BCUT2D eigenvalue weighted by atomic mass is 9.62. The SMILES string of the molecule is CC1=C(/C=C\C2=CCC[C@]3(C)[C@@H]([C@H](C)C=C=CC(C)(C)O[Si](C)(C)C(C)(C)C)CC[C@@H]23)C[C@@H](O[Si](C)(C)C(C)(C)C)C[C@@H]1O[Si](C)(C)C(C)(C)C. The van der Waals surface area contributed by atoms with Gasteiger partial charge in [0.15, 0.2) is 25.0 Å². The first kappa shape index (κ1) is 44.7.